The van der Waals surface area contributed by atoms with Crippen LogP contribution in [0.4, 0.5) is 0 Å². The second-order valence-corrected chi connectivity index (χ2v) is 5.71. The molecule has 5 heteroatoms. The lowest BCUT2D eigenvalue weighted by Gasteiger charge is -2.54. The Bertz CT molecular complexity index is 440. The zero-order chi connectivity index (χ0) is 12.2. The summed E-state index contributed by atoms with van der Waals surface area (Å²) in [7, 11) is 2.13. The van der Waals surface area contributed by atoms with Crippen LogP contribution in [0.5, 0.6) is 0 Å². The van der Waals surface area contributed by atoms with Crippen LogP contribution in [0.25, 0.3) is 0 Å². The summed E-state index contributed by atoms with van der Waals surface area (Å²) in [5, 5.41) is 0. The lowest BCUT2D eigenvalue weighted by atomic mass is 9.88. The van der Waals surface area contributed by atoms with Crippen molar-refractivity contribution in [3.05, 3.63) is 22.1 Å². The van der Waals surface area contributed by atoms with Crippen molar-refractivity contribution in [1.82, 2.24) is 9.80 Å². The normalized spacial score (nSPS) is 28.1. The number of piperazine rings is 1. The second-order valence-electron chi connectivity index (χ2n) is 4.99. The number of amides is 1. The number of aryl methyl sites for hydroxylation is 1. The summed E-state index contributed by atoms with van der Waals surface area (Å²) in [6.07, 6.45) is 1.22. The molecule has 2 atom stereocenters. The zero-order valence-corrected chi connectivity index (χ0v) is 11.5. The van der Waals surface area contributed by atoms with Crippen LogP contribution in [0.3, 0.4) is 0 Å². The summed E-state index contributed by atoms with van der Waals surface area (Å²) >= 11 is 3.29. The van der Waals surface area contributed by atoms with Crippen LogP contribution in [0, 0.1) is 6.92 Å². The maximum absolute atomic E-state index is 12.2. The number of fused-ring (bicyclic) bond motifs is 2. The molecule has 0 saturated carbocycles. The van der Waals surface area contributed by atoms with Crippen LogP contribution in [0.1, 0.15) is 22.5 Å². The first kappa shape index (κ1) is 11.3. The zero-order valence-electron chi connectivity index (χ0n) is 9.94. The van der Waals surface area contributed by atoms with Gasteiger partial charge in [-0.3, -0.25) is 9.69 Å². The van der Waals surface area contributed by atoms with Gasteiger partial charge in [0.15, 0.2) is 10.4 Å². The van der Waals surface area contributed by atoms with Gasteiger partial charge in [-0.25, -0.2) is 0 Å². The summed E-state index contributed by atoms with van der Waals surface area (Å²) in [5.74, 6) is 0.458. The van der Waals surface area contributed by atoms with E-state index in [0.717, 1.165) is 18.7 Å². The predicted octanol–water partition coefficient (Wildman–Crippen LogP) is 1.88. The van der Waals surface area contributed by atoms with Gasteiger partial charge in [-0.15, -0.1) is 0 Å². The number of halogens is 1. The molecule has 1 amide bonds. The fourth-order valence-electron chi connectivity index (χ4n) is 2.68. The number of furan rings is 1. The molecule has 0 N–H and O–H groups in total. The minimum atomic E-state index is 0.0154. The standard InChI is InChI=1S/C12H15BrN2O2/c1-7-3-10(17-11(7)13)12(16)15-5-8-4-9(6-15)14(8)2/h3,8-9H,4-6H2,1-2H3. The Labute approximate surface area is 109 Å². The van der Waals surface area contributed by atoms with E-state index in [1.807, 2.05) is 11.8 Å². The number of hydrogen-bond donors (Lipinski definition) is 0. The quantitative estimate of drug-likeness (QED) is 0.794. The minimum absolute atomic E-state index is 0.0154. The summed E-state index contributed by atoms with van der Waals surface area (Å²) in [6, 6.07) is 2.88. The Morgan fingerprint density at radius 1 is 1.47 bits per heavy atom. The number of hydrogen-bond acceptors (Lipinski definition) is 3. The van der Waals surface area contributed by atoms with E-state index >= 15 is 0 Å². The van der Waals surface area contributed by atoms with Crippen molar-refractivity contribution >= 4 is 21.8 Å². The Morgan fingerprint density at radius 3 is 2.59 bits per heavy atom. The highest BCUT2D eigenvalue weighted by atomic mass is 79.9. The van der Waals surface area contributed by atoms with Crippen molar-refractivity contribution in [3.63, 3.8) is 0 Å². The molecule has 3 saturated heterocycles. The molecule has 0 spiro atoms. The van der Waals surface area contributed by atoms with E-state index in [9.17, 15) is 4.79 Å². The molecule has 2 unspecified atom stereocenters. The van der Waals surface area contributed by atoms with E-state index in [1.54, 1.807) is 6.07 Å². The molecule has 1 aromatic heterocycles. The average molecular weight is 299 g/mol. The molecule has 3 aliphatic heterocycles. The van der Waals surface area contributed by atoms with Gasteiger partial charge < -0.3 is 9.32 Å². The van der Waals surface area contributed by atoms with Gasteiger partial charge >= 0.3 is 0 Å². The summed E-state index contributed by atoms with van der Waals surface area (Å²) in [5.41, 5.74) is 0.965. The number of likely N-dealkylation sites (N-methyl/N-ethyl adjacent to an activating group) is 1. The van der Waals surface area contributed by atoms with Crippen LogP contribution in [0.15, 0.2) is 15.2 Å². The molecule has 0 radical (unpaired) electrons. The molecule has 2 bridgehead atoms. The number of nitrogens with zero attached hydrogens (tertiary/aromatic N) is 2. The van der Waals surface area contributed by atoms with Crippen molar-refractivity contribution in [3.8, 4) is 0 Å². The minimum Gasteiger partial charge on any atom is -0.444 e. The largest absolute Gasteiger partial charge is 0.444 e. The van der Waals surface area contributed by atoms with Gasteiger partial charge in [0.1, 0.15) is 0 Å². The van der Waals surface area contributed by atoms with E-state index < -0.39 is 0 Å². The molecular formula is C12H15BrN2O2. The van der Waals surface area contributed by atoms with Crippen molar-refractivity contribution in [1.29, 1.82) is 0 Å². The Kier molecular flexibility index (Phi) is 2.56. The van der Waals surface area contributed by atoms with Crippen LogP contribution in [-0.2, 0) is 0 Å². The van der Waals surface area contributed by atoms with E-state index in [-0.39, 0.29) is 5.91 Å². The first-order valence-corrected chi connectivity index (χ1v) is 6.62. The Morgan fingerprint density at radius 2 is 2.12 bits per heavy atom. The van der Waals surface area contributed by atoms with Gasteiger partial charge in [-0.2, -0.15) is 0 Å². The topological polar surface area (TPSA) is 36.7 Å². The molecule has 0 aromatic carbocycles. The third kappa shape index (κ3) is 1.72. The van der Waals surface area contributed by atoms with Gasteiger partial charge in [-0.1, -0.05) is 0 Å². The van der Waals surface area contributed by atoms with Crippen LogP contribution in [0.2, 0.25) is 0 Å². The molecule has 3 fully saturated rings. The van der Waals surface area contributed by atoms with Crippen molar-refractivity contribution in [2.45, 2.75) is 25.4 Å². The number of carbonyl (C=O) groups excluding carboxylic acids is 1. The van der Waals surface area contributed by atoms with Crippen LogP contribution >= 0.6 is 15.9 Å². The molecule has 92 valence electrons. The van der Waals surface area contributed by atoms with Crippen LogP contribution < -0.4 is 0 Å². The van der Waals surface area contributed by atoms with Crippen molar-refractivity contribution in [2.75, 3.05) is 20.1 Å². The molecule has 4 rings (SSSR count). The SMILES string of the molecule is Cc1cc(C(=O)N2CC3CC(C2)N3C)oc1Br. The Balaban J connectivity index is 1.75. The van der Waals surface area contributed by atoms with Gasteiger partial charge in [0.25, 0.3) is 5.91 Å². The molecule has 3 aliphatic rings. The molecule has 0 aliphatic carbocycles. The number of rotatable bonds is 1. The third-order valence-electron chi connectivity index (χ3n) is 3.91. The van der Waals surface area contributed by atoms with Gasteiger partial charge in [-0.05, 0) is 42.4 Å². The number of piperidine rings is 1. The average Bonchev–Trinajstić information content (AvgIpc) is 2.68. The lowest BCUT2D eigenvalue weighted by molar-refractivity contribution is -0.0413. The smallest absolute Gasteiger partial charge is 0.289 e. The summed E-state index contributed by atoms with van der Waals surface area (Å²) in [4.78, 5) is 16.5. The highest BCUT2D eigenvalue weighted by molar-refractivity contribution is 9.10. The molecule has 4 heterocycles. The summed E-state index contributed by atoms with van der Waals surface area (Å²) in [6.45, 7) is 3.57. The fourth-order valence-corrected chi connectivity index (χ4v) is 2.97. The maximum Gasteiger partial charge on any atom is 0.289 e. The second kappa shape index (κ2) is 3.85. The molecule has 1 aromatic rings. The van der Waals surface area contributed by atoms with E-state index in [1.165, 1.54) is 6.42 Å². The Hall–Kier alpha value is -0.810. The van der Waals surface area contributed by atoms with Crippen molar-refractivity contribution in [2.24, 2.45) is 0 Å². The summed E-state index contributed by atoms with van der Waals surface area (Å²) < 4.78 is 6.07. The highest BCUT2D eigenvalue weighted by Gasteiger charge is 2.44. The molecule has 4 nitrogen and oxygen atoms in total. The third-order valence-corrected chi connectivity index (χ3v) is 4.70. The molecule has 17 heavy (non-hydrogen) atoms. The van der Waals surface area contributed by atoms with E-state index in [2.05, 4.69) is 27.9 Å². The van der Waals surface area contributed by atoms with Crippen LogP contribution in [-0.4, -0.2) is 47.9 Å². The lowest BCUT2D eigenvalue weighted by Crippen LogP contribution is -2.67. The maximum atomic E-state index is 12.2. The van der Waals surface area contributed by atoms with E-state index in [4.69, 9.17) is 4.42 Å². The molecular weight excluding hydrogens is 284 g/mol. The fraction of sp³-hybridized carbons (Fsp3) is 0.583. The highest BCUT2D eigenvalue weighted by Crippen LogP contribution is 2.31. The van der Waals surface area contributed by atoms with Crippen molar-refractivity contribution < 1.29 is 9.21 Å². The first-order valence-electron chi connectivity index (χ1n) is 5.83. The van der Waals surface area contributed by atoms with Gasteiger partial charge in [0, 0.05) is 30.7 Å². The first-order chi connectivity index (χ1) is 8.06. The monoisotopic (exact) mass is 298 g/mol. The number of carbonyl (C=O) groups is 1. The van der Waals surface area contributed by atoms with Gasteiger partial charge in [0.05, 0.1) is 0 Å². The predicted molar refractivity (Wildman–Crippen MR) is 67.0 cm³/mol. The van der Waals surface area contributed by atoms with E-state index in [0.29, 0.717) is 22.5 Å². The van der Waals surface area contributed by atoms with Gasteiger partial charge in [0.2, 0.25) is 0 Å².